The van der Waals surface area contributed by atoms with Crippen molar-refractivity contribution in [3.05, 3.63) is 17.7 Å². The van der Waals surface area contributed by atoms with Crippen molar-refractivity contribution in [3.8, 4) is 17.2 Å². The molecule has 4 N–H and O–H groups in total. The molecule has 2 amide bonds. The summed E-state index contributed by atoms with van der Waals surface area (Å²) in [5.41, 5.74) is 6.78. The van der Waals surface area contributed by atoms with Crippen LogP contribution in [0, 0.1) is 0 Å². The van der Waals surface area contributed by atoms with E-state index in [9.17, 15) is 9.59 Å². The van der Waals surface area contributed by atoms with Gasteiger partial charge in [0.05, 0.1) is 21.3 Å². The number of nitrogens with two attached hydrogens (primary N) is 1. The van der Waals surface area contributed by atoms with Gasteiger partial charge in [-0.3, -0.25) is 14.8 Å². The number of hydroxylamine groups is 1. The summed E-state index contributed by atoms with van der Waals surface area (Å²) >= 11 is 0. The van der Waals surface area contributed by atoms with Gasteiger partial charge in [0, 0.05) is 0 Å². The first-order valence-corrected chi connectivity index (χ1v) is 5.53. The van der Waals surface area contributed by atoms with E-state index in [4.69, 9.17) is 25.2 Å². The highest BCUT2D eigenvalue weighted by atomic mass is 16.5. The maximum Gasteiger partial charge on any atom is 0.260 e. The van der Waals surface area contributed by atoms with Crippen molar-refractivity contribution < 1.29 is 29.0 Å². The second-order valence-electron chi connectivity index (χ2n) is 3.77. The molecule has 20 heavy (non-hydrogen) atoms. The second-order valence-corrected chi connectivity index (χ2v) is 3.77. The summed E-state index contributed by atoms with van der Waals surface area (Å²) in [6.07, 6.45) is 0. The summed E-state index contributed by atoms with van der Waals surface area (Å²) in [6.45, 7) is 0. The molecule has 1 atom stereocenters. The Kier molecular flexibility index (Phi) is 5.15. The van der Waals surface area contributed by atoms with Gasteiger partial charge in [-0.25, -0.2) is 5.48 Å². The summed E-state index contributed by atoms with van der Waals surface area (Å²) in [7, 11) is 4.21. The summed E-state index contributed by atoms with van der Waals surface area (Å²) in [4.78, 5) is 22.9. The van der Waals surface area contributed by atoms with Gasteiger partial charge in [0.25, 0.3) is 5.91 Å². The van der Waals surface area contributed by atoms with Crippen LogP contribution < -0.4 is 25.4 Å². The van der Waals surface area contributed by atoms with Gasteiger partial charge in [-0.1, -0.05) is 0 Å². The van der Waals surface area contributed by atoms with E-state index in [1.54, 1.807) is 0 Å². The number of benzene rings is 1. The quantitative estimate of drug-likeness (QED) is 0.377. The highest BCUT2D eigenvalue weighted by Crippen LogP contribution is 2.40. The fourth-order valence-corrected chi connectivity index (χ4v) is 1.78. The molecule has 0 bridgehead atoms. The smallest absolute Gasteiger partial charge is 0.260 e. The molecule has 8 heteroatoms. The standard InChI is InChI=1S/C12H16N2O6/c1-18-7-4-6(5-8(19-2)10(7)20-3)9(11(13)15)12(16)14-17/h4-5,9,17H,1-3H3,(H2,13,15)(H,14,16). The molecule has 0 aliphatic heterocycles. The molecular formula is C12H16N2O6. The van der Waals surface area contributed by atoms with Gasteiger partial charge in [0.1, 0.15) is 5.92 Å². The van der Waals surface area contributed by atoms with Crippen LogP contribution >= 0.6 is 0 Å². The Hall–Kier alpha value is -2.48. The van der Waals surface area contributed by atoms with E-state index in [0.29, 0.717) is 5.75 Å². The molecule has 0 spiro atoms. The predicted molar refractivity (Wildman–Crippen MR) is 68.0 cm³/mol. The Labute approximate surface area is 115 Å². The molecule has 1 rings (SSSR count). The minimum atomic E-state index is -1.38. The van der Waals surface area contributed by atoms with E-state index in [-0.39, 0.29) is 17.1 Å². The van der Waals surface area contributed by atoms with Gasteiger partial charge < -0.3 is 19.9 Å². The molecule has 0 radical (unpaired) electrons. The Morgan fingerprint density at radius 2 is 1.65 bits per heavy atom. The molecule has 0 aliphatic carbocycles. The van der Waals surface area contributed by atoms with Gasteiger partial charge >= 0.3 is 0 Å². The topological polar surface area (TPSA) is 120 Å². The highest BCUT2D eigenvalue weighted by Gasteiger charge is 2.28. The second kappa shape index (κ2) is 6.62. The fraction of sp³-hybridized carbons (Fsp3) is 0.333. The molecule has 0 aliphatic rings. The highest BCUT2D eigenvalue weighted by molar-refractivity contribution is 6.04. The van der Waals surface area contributed by atoms with Gasteiger partial charge in [0.15, 0.2) is 11.5 Å². The summed E-state index contributed by atoms with van der Waals surface area (Å²) in [6, 6.07) is 2.82. The molecule has 0 saturated heterocycles. The van der Waals surface area contributed by atoms with Gasteiger partial charge in [-0.2, -0.15) is 0 Å². The van der Waals surface area contributed by atoms with E-state index < -0.39 is 17.7 Å². The van der Waals surface area contributed by atoms with Crippen molar-refractivity contribution in [1.82, 2.24) is 5.48 Å². The number of nitrogens with one attached hydrogen (secondary N) is 1. The number of primary amides is 1. The van der Waals surface area contributed by atoms with Crippen molar-refractivity contribution in [1.29, 1.82) is 0 Å². The lowest BCUT2D eigenvalue weighted by molar-refractivity contribution is -0.135. The minimum absolute atomic E-state index is 0.207. The van der Waals surface area contributed by atoms with Crippen LogP contribution in [0.3, 0.4) is 0 Å². The zero-order chi connectivity index (χ0) is 15.3. The van der Waals surface area contributed by atoms with E-state index >= 15 is 0 Å². The Bertz CT molecular complexity index is 492. The third-order valence-corrected chi connectivity index (χ3v) is 2.68. The number of methoxy groups -OCH3 is 3. The average Bonchev–Trinajstić information content (AvgIpc) is 2.45. The Morgan fingerprint density at radius 1 is 1.15 bits per heavy atom. The minimum Gasteiger partial charge on any atom is -0.493 e. The number of amides is 2. The molecule has 8 nitrogen and oxygen atoms in total. The predicted octanol–water partition coefficient (Wildman–Crippen LogP) is -0.213. The first kappa shape index (κ1) is 15.6. The Balaban J connectivity index is 3.43. The van der Waals surface area contributed by atoms with Crippen molar-refractivity contribution >= 4 is 11.8 Å². The van der Waals surface area contributed by atoms with Crippen LogP contribution in [-0.2, 0) is 9.59 Å². The lowest BCUT2D eigenvalue weighted by Crippen LogP contribution is -2.35. The fourth-order valence-electron chi connectivity index (χ4n) is 1.78. The molecule has 0 saturated carbocycles. The number of ether oxygens (including phenoxy) is 3. The van der Waals surface area contributed by atoms with Crippen LogP contribution in [0.4, 0.5) is 0 Å². The van der Waals surface area contributed by atoms with Crippen molar-refractivity contribution in [2.75, 3.05) is 21.3 Å². The zero-order valence-electron chi connectivity index (χ0n) is 11.3. The third-order valence-electron chi connectivity index (χ3n) is 2.68. The lowest BCUT2D eigenvalue weighted by Gasteiger charge is -2.17. The van der Waals surface area contributed by atoms with E-state index in [1.165, 1.54) is 38.9 Å². The first-order valence-electron chi connectivity index (χ1n) is 5.53. The zero-order valence-corrected chi connectivity index (χ0v) is 11.3. The van der Waals surface area contributed by atoms with Crippen LogP contribution in [0.1, 0.15) is 11.5 Å². The number of rotatable bonds is 6. The molecule has 0 fully saturated rings. The number of carbonyl (C=O) groups is 2. The average molecular weight is 284 g/mol. The molecule has 1 aromatic rings. The number of carbonyl (C=O) groups excluding carboxylic acids is 2. The largest absolute Gasteiger partial charge is 0.493 e. The van der Waals surface area contributed by atoms with E-state index in [0.717, 1.165) is 0 Å². The monoisotopic (exact) mass is 284 g/mol. The molecule has 1 unspecified atom stereocenters. The van der Waals surface area contributed by atoms with Crippen LogP contribution in [0.2, 0.25) is 0 Å². The Morgan fingerprint density at radius 3 is 1.95 bits per heavy atom. The molecule has 0 aromatic heterocycles. The maximum absolute atomic E-state index is 11.5. The molecular weight excluding hydrogens is 268 g/mol. The summed E-state index contributed by atoms with van der Waals surface area (Å²) in [5.74, 6) is -2.42. The van der Waals surface area contributed by atoms with Gasteiger partial charge in [0.2, 0.25) is 11.7 Å². The number of hydrogen-bond acceptors (Lipinski definition) is 6. The number of hydrogen-bond donors (Lipinski definition) is 3. The molecule has 1 aromatic carbocycles. The lowest BCUT2D eigenvalue weighted by atomic mass is 9.97. The van der Waals surface area contributed by atoms with Gasteiger partial charge in [-0.15, -0.1) is 0 Å². The molecule has 0 heterocycles. The maximum atomic E-state index is 11.5. The van der Waals surface area contributed by atoms with Crippen molar-refractivity contribution in [3.63, 3.8) is 0 Å². The summed E-state index contributed by atoms with van der Waals surface area (Å²) in [5, 5.41) is 8.67. The molecule has 110 valence electrons. The normalized spacial score (nSPS) is 11.4. The van der Waals surface area contributed by atoms with Gasteiger partial charge in [-0.05, 0) is 17.7 Å². The van der Waals surface area contributed by atoms with Crippen LogP contribution in [0.25, 0.3) is 0 Å². The van der Waals surface area contributed by atoms with Crippen LogP contribution in [-0.4, -0.2) is 38.4 Å². The SMILES string of the molecule is COc1cc(C(C(N)=O)C(=O)NO)cc(OC)c1OC. The van der Waals surface area contributed by atoms with Crippen LogP contribution in [0.15, 0.2) is 12.1 Å². The third kappa shape index (κ3) is 2.91. The van der Waals surface area contributed by atoms with E-state index in [2.05, 4.69) is 0 Å². The van der Waals surface area contributed by atoms with Crippen molar-refractivity contribution in [2.45, 2.75) is 5.92 Å². The summed E-state index contributed by atoms with van der Waals surface area (Å²) < 4.78 is 15.3. The first-order chi connectivity index (χ1) is 9.49. The van der Waals surface area contributed by atoms with E-state index in [1.807, 2.05) is 0 Å². The van der Waals surface area contributed by atoms with Crippen molar-refractivity contribution in [2.24, 2.45) is 5.73 Å². The van der Waals surface area contributed by atoms with Crippen LogP contribution in [0.5, 0.6) is 17.2 Å².